The highest BCUT2D eigenvalue weighted by Gasteiger charge is 2.22. The average Bonchev–Trinajstić information content (AvgIpc) is 2.85. The number of para-hydroxylation sites is 1. The molecule has 21 heavy (non-hydrogen) atoms. The average molecular weight is 301 g/mol. The predicted octanol–water partition coefficient (Wildman–Crippen LogP) is 4.62. The van der Waals surface area contributed by atoms with Gasteiger partial charge in [-0.05, 0) is 36.8 Å². The summed E-state index contributed by atoms with van der Waals surface area (Å²) < 4.78 is 0. The summed E-state index contributed by atoms with van der Waals surface area (Å²) in [5.41, 5.74) is 1.98. The number of rotatable bonds is 4. The van der Waals surface area contributed by atoms with E-state index in [-0.39, 0.29) is 6.03 Å². The lowest BCUT2D eigenvalue weighted by Gasteiger charge is -2.23. The van der Waals surface area contributed by atoms with Gasteiger partial charge in [-0.25, -0.2) is 9.78 Å². The molecule has 0 bridgehead atoms. The third-order valence-corrected chi connectivity index (χ3v) is 4.97. The van der Waals surface area contributed by atoms with Crippen LogP contribution in [0.25, 0.3) is 0 Å². The molecule has 2 amide bonds. The highest BCUT2D eigenvalue weighted by molar-refractivity contribution is 7.15. The van der Waals surface area contributed by atoms with Crippen LogP contribution in [0.15, 0.2) is 30.5 Å². The van der Waals surface area contributed by atoms with Crippen molar-refractivity contribution in [2.24, 2.45) is 0 Å². The number of nitrogens with zero attached hydrogens (tertiary/aromatic N) is 1. The van der Waals surface area contributed by atoms with Crippen LogP contribution in [0.4, 0.5) is 15.6 Å². The molecule has 0 saturated heterocycles. The van der Waals surface area contributed by atoms with E-state index in [1.54, 1.807) is 11.3 Å². The number of thiazole rings is 1. The lowest BCUT2D eigenvalue weighted by Crippen LogP contribution is -2.20. The molecule has 0 atom stereocenters. The maximum Gasteiger partial charge on any atom is 0.325 e. The van der Waals surface area contributed by atoms with Crippen LogP contribution >= 0.6 is 11.3 Å². The Morgan fingerprint density at radius 2 is 2.14 bits per heavy atom. The van der Waals surface area contributed by atoms with E-state index in [1.165, 1.54) is 24.1 Å². The molecule has 110 valence electrons. The molecule has 2 aromatic rings. The first-order chi connectivity index (χ1) is 10.3. The third-order valence-electron chi connectivity index (χ3n) is 3.90. The van der Waals surface area contributed by atoms with E-state index >= 15 is 0 Å². The molecule has 0 spiro atoms. The number of carbonyl (C=O) groups is 1. The van der Waals surface area contributed by atoms with Gasteiger partial charge in [0.15, 0.2) is 5.13 Å². The van der Waals surface area contributed by atoms with E-state index in [0.717, 1.165) is 17.7 Å². The number of hydrogen-bond donors (Lipinski definition) is 2. The summed E-state index contributed by atoms with van der Waals surface area (Å²) in [4.78, 5) is 17.6. The molecule has 1 fully saturated rings. The van der Waals surface area contributed by atoms with Crippen molar-refractivity contribution >= 4 is 28.2 Å². The van der Waals surface area contributed by atoms with Gasteiger partial charge in [0.1, 0.15) is 0 Å². The van der Waals surface area contributed by atoms with Gasteiger partial charge < -0.3 is 5.32 Å². The molecule has 1 saturated carbocycles. The Kier molecular flexibility index (Phi) is 4.20. The molecule has 5 heteroatoms. The summed E-state index contributed by atoms with van der Waals surface area (Å²) in [6.45, 7) is 2.07. The number of nitrogens with one attached hydrogen (secondary N) is 2. The highest BCUT2D eigenvalue weighted by atomic mass is 32.1. The number of urea groups is 1. The van der Waals surface area contributed by atoms with E-state index in [0.29, 0.717) is 11.0 Å². The van der Waals surface area contributed by atoms with Gasteiger partial charge in [-0.1, -0.05) is 31.5 Å². The van der Waals surface area contributed by atoms with Crippen LogP contribution in [0.5, 0.6) is 0 Å². The van der Waals surface area contributed by atoms with E-state index in [2.05, 4.69) is 22.5 Å². The molecule has 1 aliphatic carbocycles. The van der Waals surface area contributed by atoms with Gasteiger partial charge in [0.05, 0.1) is 0 Å². The number of benzene rings is 1. The maximum atomic E-state index is 12.1. The number of amides is 2. The zero-order valence-corrected chi connectivity index (χ0v) is 12.9. The van der Waals surface area contributed by atoms with Gasteiger partial charge in [-0.3, -0.25) is 5.32 Å². The second kappa shape index (κ2) is 6.26. The molecule has 0 unspecified atom stereocenters. The summed E-state index contributed by atoms with van der Waals surface area (Å²) in [6, 6.07) is 7.61. The van der Waals surface area contributed by atoms with E-state index < -0.39 is 0 Å². The maximum absolute atomic E-state index is 12.1. The summed E-state index contributed by atoms with van der Waals surface area (Å²) in [5, 5.41) is 6.39. The van der Waals surface area contributed by atoms with Crippen LogP contribution in [0.1, 0.15) is 42.5 Å². The largest absolute Gasteiger partial charge is 0.325 e. The molecule has 4 nitrogen and oxygen atoms in total. The number of anilines is 2. The molecule has 1 heterocycles. The fourth-order valence-corrected chi connectivity index (χ4v) is 3.41. The van der Waals surface area contributed by atoms with Gasteiger partial charge in [0.2, 0.25) is 0 Å². The van der Waals surface area contributed by atoms with Crippen molar-refractivity contribution < 1.29 is 4.79 Å². The fraction of sp³-hybridized carbons (Fsp3) is 0.375. The van der Waals surface area contributed by atoms with Gasteiger partial charge in [-0.15, -0.1) is 11.3 Å². The van der Waals surface area contributed by atoms with E-state index in [9.17, 15) is 4.79 Å². The molecular formula is C16H19N3OS. The standard InChI is InChI=1S/C16H19N3OS/c1-2-11-6-3-4-9-13(11)18-15(20)19-16-17-10-14(21-16)12-7-5-8-12/h3-4,6,9-10,12H,2,5,7-8H2,1H3,(H2,17,18,19,20). The Labute approximate surface area is 128 Å². The van der Waals surface area contributed by atoms with Crippen LogP contribution in [0.2, 0.25) is 0 Å². The Balaban J connectivity index is 1.62. The van der Waals surface area contributed by atoms with E-state index in [4.69, 9.17) is 0 Å². The monoisotopic (exact) mass is 301 g/mol. The van der Waals surface area contributed by atoms with Crippen molar-refractivity contribution in [3.05, 3.63) is 40.9 Å². The van der Waals surface area contributed by atoms with Crippen molar-refractivity contribution in [1.29, 1.82) is 0 Å². The topological polar surface area (TPSA) is 54.0 Å². The first-order valence-electron chi connectivity index (χ1n) is 7.38. The number of carbonyl (C=O) groups excluding carboxylic acids is 1. The minimum atomic E-state index is -0.231. The molecule has 3 rings (SSSR count). The minimum absolute atomic E-state index is 0.231. The Hall–Kier alpha value is -1.88. The van der Waals surface area contributed by atoms with Gasteiger partial charge in [-0.2, -0.15) is 0 Å². The van der Waals surface area contributed by atoms with Crippen molar-refractivity contribution in [3.8, 4) is 0 Å². The quantitative estimate of drug-likeness (QED) is 0.866. The van der Waals surface area contributed by atoms with Crippen molar-refractivity contribution in [2.45, 2.75) is 38.5 Å². The molecule has 1 aromatic carbocycles. The second-order valence-electron chi connectivity index (χ2n) is 5.29. The van der Waals surface area contributed by atoms with Crippen LogP contribution in [0.3, 0.4) is 0 Å². The molecule has 2 N–H and O–H groups in total. The fourth-order valence-electron chi connectivity index (χ4n) is 2.43. The van der Waals surface area contributed by atoms with E-state index in [1.807, 2.05) is 30.5 Å². The summed E-state index contributed by atoms with van der Waals surface area (Å²) in [5.74, 6) is 0.655. The van der Waals surface area contributed by atoms with Gasteiger partial charge in [0.25, 0.3) is 0 Å². The number of hydrogen-bond acceptors (Lipinski definition) is 3. The van der Waals surface area contributed by atoms with Crippen LogP contribution in [-0.4, -0.2) is 11.0 Å². The lowest BCUT2D eigenvalue weighted by molar-refractivity contribution is 0.262. The predicted molar refractivity (Wildman–Crippen MR) is 87.2 cm³/mol. The Morgan fingerprint density at radius 1 is 1.33 bits per heavy atom. The SMILES string of the molecule is CCc1ccccc1NC(=O)Nc1ncc(C2CCC2)s1. The van der Waals surface area contributed by atoms with Crippen LogP contribution in [-0.2, 0) is 6.42 Å². The summed E-state index contributed by atoms with van der Waals surface area (Å²) >= 11 is 1.58. The smallest absolute Gasteiger partial charge is 0.307 e. The van der Waals surface area contributed by atoms with Gasteiger partial charge >= 0.3 is 6.03 Å². The second-order valence-corrected chi connectivity index (χ2v) is 6.35. The first-order valence-corrected chi connectivity index (χ1v) is 8.19. The molecule has 0 radical (unpaired) electrons. The van der Waals surface area contributed by atoms with Crippen molar-refractivity contribution in [3.63, 3.8) is 0 Å². The van der Waals surface area contributed by atoms with Crippen molar-refractivity contribution in [2.75, 3.05) is 10.6 Å². The Bertz CT molecular complexity index is 634. The van der Waals surface area contributed by atoms with Crippen LogP contribution in [0, 0.1) is 0 Å². The van der Waals surface area contributed by atoms with Gasteiger partial charge in [0, 0.05) is 16.8 Å². The summed E-state index contributed by atoms with van der Waals surface area (Å²) in [7, 11) is 0. The van der Waals surface area contributed by atoms with Crippen LogP contribution < -0.4 is 10.6 Å². The lowest BCUT2D eigenvalue weighted by atomic mass is 9.85. The highest BCUT2D eigenvalue weighted by Crippen LogP contribution is 2.39. The number of aromatic nitrogens is 1. The summed E-state index contributed by atoms with van der Waals surface area (Å²) in [6.07, 6.45) is 6.58. The minimum Gasteiger partial charge on any atom is -0.307 e. The molecular weight excluding hydrogens is 282 g/mol. The normalized spacial score (nSPS) is 14.5. The molecule has 0 aliphatic heterocycles. The number of aryl methyl sites for hydroxylation is 1. The third kappa shape index (κ3) is 3.24. The molecule has 1 aliphatic rings. The first kappa shape index (κ1) is 14.1. The van der Waals surface area contributed by atoms with Crippen molar-refractivity contribution in [1.82, 2.24) is 4.98 Å². The zero-order valence-electron chi connectivity index (χ0n) is 12.1. The Morgan fingerprint density at radius 3 is 2.86 bits per heavy atom. The molecule has 1 aromatic heterocycles. The zero-order chi connectivity index (χ0) is 14.7.